The molecule has 0 aromatic heterocycles. The molecule has 2 aromatic rings. The summed E-state index contributed by atoms with van der Waals surface area (Å²) in [6.45, 7) is 3.36. The number of carbonyl (C=O) groups is 1. The van der Waals surface area contributed by atoms with Crippen LogP contribution in [0.4, 0.5) is 0 Å². The number of piperidine rings is 1. The van der Waals surface area contributed by atoms with Gasteiger partial charge in [-0.05, 0) is 55.3 Å². The number of hydrogen-bond donors (Lipinski definition) is 1. The SMILES string of the molecule is O=C(NCc1ccccc1Cl)C1CCN(Cc2ccc(Br)cc2)CC1. The Morgan fingerprint density at radius 2 is 1.80 bits per heavy atom. The number of carbonyl (C=O) groups excluding carboxylic acids is 1. The highest BCUT2D eigenvalue weighted by atomic mass is 79.9. The molecule has 25 heavy (non-hydrogen) atoms. The quantitative estimate of drug-likeness (QED) is 0.763. The first-order valence-electron chi connectivity index (χ1n) is 8.60. The zero-order chi connectivity index (χ0) is 17.6. The van der Waals surface area contributed by atoms with Crippen LogP contribution in [0.5, 0.6) is 0 Å². The molecule has 1 amide bonds. The number of rotatable bonds is 5. The third kappa shape index (κ3) is 5.30. The Labute approximate surface area is 162 Å². The summed E-state index contributed by atoms with van der Waals surface area (Å²) in [6, 6.07) is 16.1. The maximum absolute atomic E-state index is 12.4. The first-order chi connectivity index (χ1) is 12.1. The van der Waals surface area contributed by atoms with Gasteiger partial charge in [0.05, 0.1) is 0 Å². The van der Waals surface area contributed by atoms with E-state index in [1.165, 1.54) is 5.56 Å². The molecule has 1 N–H and O–H groups in total. The number of hydrogen-bond acceptors (Lipinski definition) is 2. The third-order valence-corrected chi connectivity index (χ3v) is 5.59. The average molecular weight is 422 g/mol. The van der Waals surface area contributed by atoms with Crippen LogP contribution in [0.3, 0.4) is 0 Å². The Bertz CT molecular complexity index is 712. The van der Waals surface area contributed by atoms with Crippen LogP contribution in [0.1, 0.15) is 24.0 Å². The fourth-order valence-corrected chi connectivity index (χ4v) is 3.64. The molecule has 0 aliphatic carbocycles. The van der Waals surface area contributed by atoms with Crippen LogP contribution in [0, 0.1) is 5.92 Å². The van der Waals surface area contributed by atoms with Crippen LogP contribution < -0.4 is 5.32 Å². The van der Waals surface area contributed by atoms with Gasteiger partial charge < -0.3 is 5.32 Å². The second-order valence-electron chi connectivity index (χ2n) is 6.49. The topological polar surface area (TPSA) is 32.3 Å². The summed E-state index contributed by atoms with van der Waals surface area (Å²) in [7, 11) is 0. The molecule has 1 saturated heterocycles. The normalized spacial score (nSPS) is 15.9. The molecule has 3 rings (SSSR count). The first kappa shape index (κ1) is 18.4. The van der Waals surface area contributed by atoms with Gasteiger partial charge in [-0.3, -0.25) is 9.69 Å². The lowest BCUT2D eigenvalue weighted by atomic mass is 9.95. The van der Waals surface area contributed by atoms with Crippen LogP contribution in [0.25, 0.3) is 0 Å². The number of nitrogens with one attached hydrogen (secondary N) is 1. The first-order valence-corrected chi connectivity index (χ1v) is 9.77. The van der Waals surface area contributed by atoms with Gasteiger partial charge in [0.25, 0.3) is 0 Å². The van der Waals surface area contributed by atoms with E-state index in [0.29, 0.717) is 11.6 Å². The summed E-state index contributed by atoms with van der Waals surface area (Å²) in [5.41, 5.74) is 2.27. The predicted octanol–water partition coefficient (Wildman–Crippen LogP) is 4.63. The van der Waals surface area contributed by atoms with E-state index in [9.17, 15) is 4.79 Å². The van der Waals surface area contributed by atoms with Gasteiger partial charge in [0.15, 0.2) is 0 Å². The molecule has 0 bridgehead atoms. The number of likely N-dealkylation sites (tertiary alicyclic amines) is 1. The molecule has 0 saturated carbocycles. The fraction of sp³-hybridized carbons (Fsp3) is 0.350. The monoisotopic (exact) mass is 420 g/mol. The summed E-state index contributed by atoms with van der Waals surface area (Å²) in [4.78, 5) is 14.8. The summed E-state index contributed by atoms with van der Waals surface area (Å²) in [6.07, 6.45) is 1.82. The van der Waals surface area contributed by atoms with E-state index < -0.39 is 0 Å². The van der Waals surface area contributed by atoms with E-state index in [1.54, 1.807) is 0 Å². The minimum absolute atomic E-state index is 0.101. The van der Waals surface area contributed by atoms with Crippen LogP contribution in [-0.4, -0.2) is 23.9 Å². The zero-order valence-corrected chi connectivity index (χ0v) is 16.4. The van der Waals surface area contributed by atoms with E-state index in [4.69, 9.17) is 11.6 Å². The van der Waals surface area contributed by atoms with Crippen molar-refractivity contribution in [3.8, 4) is 0 Å². The Balaban J connectivity index is 1.44. The lowest BCUT2D eigenvalue weighted by Crippen LogP contribution is -2.40. The highest BCUT2D eigenvalue weighted by Crippen LogP contribution is 2.21. The molecule has 0 spiro atoms. The van der Waals surface area contributed by atoms with E-state index in [-0.39, 0.29) is 11.8 Å². The van der Waals surface area contributed by atoms with Crippen LogP contribution in [0.15, 0.2) is 53.0 Å². The van der Waals surface area contributed by atoms with Crippen LogP contribution in [-0.2, 0) is 17.9 Å². The molecule has 1 heterocycles. The largest absolute Gasteiger partial charge is 0.352 e. The van der Waals surface area contributed by atoms with Crippen LogP contribution in [0.2, 0.25) is 5.02 Å². The molecule has 0 radical (unpaired) electrons. The van der Waals surface area contributed by atoms with Gasteiger partial charge in [-0.25, -0.2) is 0 Å². The lowest BCUT2D eigenvalue weighted by molar-refractivity contribution is -0.126. The maximum atomic E-state index is 12.4. The molecule has 5 heteroatoms. The summed E-state index contributed by atoms with van der Waals surface area (Å²) < 4.78 is 1.10. The van der Waals surface area contributed by atoms with E-state index in [1.807, 2.05) is 24.3 Å². The third-order valence-electron chi connectivity index (χ3n) is 4.69. The van der Waals surface area contributed by atoms with Crippen molar-refractivity contribution >= 4 is 33.4 Å². The van der Waals surface area contributed by atoms with Crippen molar-refractivity contribution in [3.05, 3.63) is 69.2 Å². The summed E-state index contributed by atoms with van der Waals surface area (Å²) in [5, 5.41) is 3.73. The molecular formula is C20H22BrClN2O. The molecule has 1 aliphatic rings. The zero-order valence-electron chi connectivity index (χ0n) is 14.1. The van der Waals surface area contributed by atoms with Gasteiger partial charge in [0, 0.05) is 28.5 Å². The smallest absolute Gasteiger partial charge is 0.223 e. The highest BCUT2D eigenvalue weighted by molar-refractivity contribution is 9.10. The molecule has 3 nitrogen and oxygen atoms in total. The summed E-state index contributed by atoms with van der Waals surface area (Å²) in [5.74, 6) is 0.242. The Hall–Kier alpha value is -1.36. The van der Waals surface area contributed by atoms with Crippen molar-refractivity contribution in [2.45, 2.75) is 25.9 Å². The molecular weight excluding hydrogens is 400 g/mol. The number of amides is 1. The van der Waals surface area contributed by atoms with E-state index in [0.717, 1.165) is 42.5 Å². The van der Waals surface area contributed by atoms with Gasteiger partial charge in [-0.2, -0.15) is 0 Å². The van der Waals surface area contributed by atoms with Gasteiger partial charge in [0.2, 0.25) is 5.91 Å². The van der Waals surface area contributed by atoms with Crippen molar-refractivity contribution in [3.63, 3.8) is 0 Å². The summed E-state index contributed by atoms with van der Waals surface area (Å²) >= 11 is 9.60. The second-order valence-corrected chi connectivity index (χ2v) is 7.81. The highest BCUT2D eigenvalue weighted by Gasteiger charge is 2.24. The molecule has 0 unspecified atom stereocenters. The van der Waals surface area contributed by atoms with Crippen molar-refractivity contribution in [1.29, 1.82) is 0 Å². The number of nitrogens with zero attached hydrogens (tertiary/aromatic N) is 1. The minimum atomic E-state index is 0.101. The Morgan fingerprint density at radius 3 is 2.48 bits per heavy atom. The van der Waals surface area contributed by atoms with E-state index in [2.05, 4.69) is 50.4 Å². The van der Waals surface area contributed by atoms with Gasteiger partial charge in [-0.1, -0.05) is 57.9 Å². The molecule has 132 valence electrons. The van der Waals surface area contributed by atoms with Gasteiger partial charge in [-0.15, -0.1) is 0 Å². The van der Waals surface area contributed by atoms with Crippen molar-refractivity contribution in [2.24, 2.45) is 5.92 Å². The molecule has 0 atom stereocenters. The molecule has 1 aliphatic heterocycles. The Kier molecular flexibility index (Phi) is 6.51. The lowest BCUT2D eigenvalue weighted by Gasteiger charge is -2.31. The predicted molar refractivity (Wildman–Crippen MR) is 105 cm³/mol. The van der Waals surface area contributed by atoms with Gasteiger partial charge >= 0.3 is 0 Å². The average Bonchev–Trinajstić information content (AvgIpc) is 2.63. The van der Waals surface area contributed by atoms with Crippen molar-refractivity contribution in [2.75, 3.05) is 13.1 Å². The minimum Gasteiger partial charge on any atom is -0.352 e. The van der Waals surface area contributed by atoms with Crippen LogP contribution >= 0.6 is 27.5 Å². The Morgan fingerprint density at radius 1 is 1.12 bits per heavy atom. The van der Waals surface area contributed by atoms with Crippen molar-refractivity contribution < 1.29 is 4.79 Å². The standard InChI is InChI=1S/C20H22BrClN2O/c21-18-7-5-15(6-8-18)14-24-11-9-16(10-12-24)20(25)23-13-17-3-1-2-4-19(17)22/h1-8,16H,9-14H2,(H,23,25). The molecule has 2 aromatic carbocycles. The molecule has 1 fully saturated rings. The number of halogens is 2. The maximum Gasteiger partial charge on any atom is 0.223 e. The second kappa shape index (κ2) is 8.84. The van der Waals surface area contributed by atoms with Gasteiger partial charge in [0.1, 0.15) is 0 Å². The van der Waals surface area contributed by atoms with E-state index >= 15 is 0 Å². The fourth-order valence-electron chi connectivity index (χ4n) is 3.17. The van der Waals surface area contributed by atoms with Crippen molar-refractivity contribution in [1.82, 2.24) is 10.2 Å². The number of benzene rings is 2.